The van der Waals surface area contributed by atoms with Gasteiger partial charge in [-0.3, -0.25) is 0 Å². The third-order valence-corrected chi connectivity index (χ3v) is 2.66. The number of hydrogen-bond donors (Lipinski definition) is 0. The summed E-state index contributed by atoms with van der Waals surface area (Å²) < 4.78 is 40.0. The predicted octanol–water partition coefficient (Wildman–Crippen LogP) is 4.54. The molecule has 0 nitrogen and oxygen atoms in total. The number of benzene rings is 1. The third-order valence-electron chi connectivity index (χ3n) is 2.66. The second-order valence-electron chi connectivity index (χ2n) is 5.23. The second kappa shape index (κ2) is 3.79. The monoisotopic (exact) mass is 230 g/mol. The molecule has 90 valence electrons. The molecule has 0 aliphatic rings. The van der Waals surface area contributed by atoms with E-state index in [1.807, 2.05) is 20.8 Å². The maximum Gasteiger partial charge on any atom is 0.273 e. The summed E-state index contributed by atoms with van der Waals surface area (Å²) in [7, 11) is 0. The predicted molar refractivity (Wildman–Crippen MR) is 59.4 cm³/mol. The van der Waals surface area contributed by atoms with Gasteiger partial charge in [-0.25, -0.2) is 13.2 Å². The molecule has 0 aliphatic carbocycles. The molecule has 0 unspecified atom stereocenters. The van der Waals surface area contributed by atoms with Crippen molar-refractivity contribution >= 4 is 0 Å². The second-order valence-corrected chi connectivity index (χ2v) is 5.23. The molecule has 0 atom stereocenters. The van der Waals surface area contributed by atoms with Gasteiger partial charge in [-0.05, 0) is 29.5 Å². The Hall–Kier alpha value is -0.990. The van der Waals surface area contributed by atoms with Crippen molar-refractivity contribution in [2.24, 2.45) is 0 Å². The molecule has 0 bridgehead atoms. The van der Waals surface area contributed by atoms with Crippen LogP contribution in [0.3, 0.4) is 0 Å². The zero-order valence-corrected chi connectivity index (χ0v) is 10.3. The van der Waals surface area contributed by atoms with Gasteiger partial charge in [0.15, 0.2) is 0 Å². The topological polar surface area (TPSA) is 0 Å². The van der Waals surface area contributed by atoms with Crippen LogP contribution < -0.4 is 0 Å². The molecule has 0 N–H and O–H groups in total. The van der Waals surface area contributed by atoms with Crippen LogP contribution in [0.25, 0.3) is 0 Å². The Morgan fingerprint density at radius 1 is 1.00 bits per heavy atom. The molecule has 0 radical (unpaired) electrons. The summed E-state index contributed by atoms with van der Waals surface area (Å²) in [5, 5.41) is 0. The zero-order valence-electron chi connectivity index (χ0n) is 10.3. The van der Waals surface area contributed by atoms with Crippen LogP contribution in [0.5, 0.6) is 0 Å². The van der Waals surface area contributed by atoms with Gasteiger partial charge in [-0.2, -0.15) is 0 Å². The summed E-state index contributed by atoms with van der Waals surface area (Å²) in [5.74, 6) is -3.98. The standard InChI is InChI=1S/C13H17F3/c1-8-9(12(2,3)4)6-7-10(14)11(8)13(5,15)16/h6-7H,1-5H3. The van der Waals surface area contributed by atoms with Crippen LogP contribution in [0.4, 0.5) is 13.2 Å². The Balaban J connectivity index is 3.52. The van der Waals surface area contributed by atoms with E-state index in [0.717, 1.165) is 18.6 Å². The molecule has 0 aliphatic heterocycles. The van der Waals surface area contributed by atoms with Crippen LogP contribution in [0.2, 0.25) is 0 Å². The summed E-state index contributed by atoms with van der Waals surface area (Å²) in [4.78, 5) is 0. The highest BCUT2D eigenvalue weighted by molar-refractivity contribution is 5.41. The maximum atomic E-state index is 13.4. The van der Waals surface area contributed by atoms with Gasteiger partial charge in [-0.1, -0.05) is 26.8 Å². The molecule has 0 spiro atoms. The fraction of sp³-hybridized carbons (Fsp3) is 0.538. The fourth-order valence-electron chi connectivity index (χ4n) is 2.03. The minimum absolute atomic E-state index is 0.266. The van der Waals surface area contributed by atoms with Crippen LogP contribution in [0.15, 0.2) is 12.1 Å². The summed E-state index contributed by atoms with van der Waals surface area (Å²) >= 11 is 0. The zero-order chi connectivity index (χ0) is 12.7. The molecule has 1 aromatic carbocycles. The van der Waals surface area contributed by atoms with Crippen molar-refractivity contribution in [3.8, 4) is 0 Å². The van der Waals surface area contributed by atoms with Gasteiger partial charge in [0.1, 0.15) is 5.82 Å². The largest absolute Gasteiger partial charge is 0.273 e. The van der Waals surface area contributed by atoms with E-state index < -0.39 is 17.3 Å². The molecular formula is C13H17F3. The van der Waals surface area contributed by atoms with E-state index in [1.54, 1.807) is 13.0 Å². The highest BCUT2D eigenvalue weighted by atomic mass is 19.3. The van der Waals surface area contributed by atoms with Crippen LogP contribution in [0, 0.1) is 12.7 Å². The molecule has 3 heteroatoms. The van der Waals surface area contributed by atoms with Crippen molar-refractivity contribution in [3.63, 3.8) is 0 Å². The minimum atomic E-state index is -3.14. The normalized spacial score (nSPS) is 13.0. The maximum absolute atomic E-state index is 13.4. The van der Waals surface area contributed by atoms with E-state index in [9.17, 15) is 13.2 Å². The molecule has 0 fully saturated rings. The summed E-state index contributed by atoms with van der Waals surface area (Å²) in [5.41, 5.74) is 0.350. The average molecular weight is 230 g/mol. The van der Waals surface area contributed by atoms with Gasteiger partial charge < -0.3 is 0 Å². The van der Waals surface area contributed by atoms with E-state index in [-0.39, 0.29) is 5.41 Å². The van der Waals surface area contributed by atoms with Crippen LogP contribution in [0.1, 0.15) is 44.4 Å². The SMILES string of the molecule is Cc1c(C(C)(C)C)ccc(F)c1C(C)(F)F. The van der Waals surface area contributed by atoms with Crippen LogP contribution in [-0.2, 0) is 11.3 Å². The Bertz CT molecular complexity index is 395. The van der Waals surface area contributed by atoms with Crippen molar-refractivity contribution in [1.82, 2.24) is 0 Å². The lowest BCUT2D eigenvalue weighted by atomic mass is 9.81. The molecule has 0 heterocycles. The first kappa shape index (κ1) is 13.1. The molecule has 16 heavy (non-hydrogen) atoms. The van der Waals surface area contributed by atoms with E-state index in [0.29, 0.717) is 5.56 Å². The highest BCUT2D eigenvalue weighted by Gasteiger charge is 2.32. The fourth-order valence-corrected chi connectivity index (χ4v) is 2.03. The Labute approximate surface area is 94.5 Å². The van der Waals surface area contributed by atoms with E-state index in [4.69, 9.17) is 0 Å². The number of rotatable bonds is 1. The Morgan fingerprint density at radius 2 is 1.50 bits per heavy atom. The summed E-state index contributed by atoms with van der Waals surface area (Å²) in [6.07, 6.45) is 0. The number of alkyl halides is 2. The first-order valence-electron chi connectivity index (χ1n) is 5.23. The van der Waals surface area contributed by atoms with E-state index in [2.05, 4.69) is 0 Å². The van der Waals surface area contributed by atoms with Crippen molar-refractivity contribution in [2.45, 2.75) is 46.0 Å². The van der Waals surface area contributed by atoms with E-state index >= 15 is 0 Å². The van der Waals surface area contributed by atoms with Gasteiger partial charge in [-0.15, -0.1) is 0 Å². The van der Waals surface area contributed by atoms with Crippen molar-refractivity contribution in [3.05, 3.63) is 34.6 Å². The van der Waals surface area contributed by atoms with Crippen LogP contribution >= 0.6 is 0 Å². The lowest BCUT2D eigenvalue weighted by Gasteiger charge is -2.25. The van der Waals surface area contributed by atoms with Crippen molar-refractivity contribution < 1.29 is 13.2 Å². The minimum Gasteiger partial charge on any atom is -0.206 e. The highest BCUT2D eigenvalue weighted by Crippen LogP contribution is 2.36. The molecule has 0 amide bonds. The third kappa shape index (κ3) is 2.39. The van der Waals surface area contributed by atoms with Crippen LogP contribution in [-0.4, -0.2) is 0 Å². The van der Waals surface area contributed by atoms with Gasteiger partial charge >= 0.3 is 0 Å². The van der Waals surface area contributed by atoms with Crippen molar-refractivity contribution in [2.75, 3.05) is 0 Å². The molecule has 0 saturated heterocycles. The quantitative estimate of drug-likeness (QED) is 0.664. The molecule has 1 aromatic rings. The Kier molecular flexibility index (Phi) is 3.10. The summed E-state index contributed by atoms with van der Waals surface area (Å²) in [6, 6.07) is 2.71. The van der Waals surface area contributed by atoms with Gasteiger partial charge in [0.2, 0.25) is 0 Å². The van der Waals surface area contributed by atoms with Gasteiger partial charge in [0.05, 0.1) is 5.56 Å². The van der Waals surface area contributed by atoms with E-state index in [1.165, 1.54) is 0 Å². The lowest BCUT2D eigenvalue weighted by molar-refractivity contribution is 0.0129. The smallest absolute Gasteiger partial charge is 0.206 e. The van der Waals surface area contributed by atoms with Gasteiger partial charge in [0, 0.05) is 6.92 Å². The summed E-state index contributed by atoms with van der Waals surface area (Å²) in [6.45, 7) is 8.04. The van der Waals surface area contributed by atoms with Crippen molar-refractivity contribution in [1.29, 1.82) is 0 Å². The first-order chi connectivity index (χ1) is 7.05. The van der Waals surface area contributed by atoms with Gasteiger partial charge in [0.25, 0.3) is 5.92 Å². The molecule has 1 rings (SSSR count). The molecule has 0 saturated carbocycles. The number of halogens is 3. The lowest BCUT2D eigenvalue weighted by Crippen LogP contribution is -2.19. The average Bonchev–Trinajstić information content (AvgIpc) is 1.97. The first-order valence-corrected chi connectivity index (χ1v) is 5.23. The number of hydrogen-bond acceptors (Lipinski definition) is 0. The Morgan fingerprint density at radius 3 is 1.88 bits per heavy atom. The molecular weight excluding hydrogens is 213 g/mol. The molecule has 0 aromatic heterocycles.